The number of methoxy groups -OCH3 is 1. The van der Waals surface area contributed by atoms with Crippen molar-refractivity contribution in [2.75, 3.05) is 20.3 Å². The highest BCUT2D eigenvalue weighted by Gasteiger charge is 2.25. The number of aromatic nitrogens is 1. The highest BCUT2D eigenvalue weighted by atomic mass is 19.1. The minimum atomic E-state index is -0.272. The van der Waals surface area contributed by atoms with Crippen molar-refractivity contribution in [3.05, 3.63) is 29.2 Å². The molecule has 3 rings (SSSR count). The van der Waals surface area contributed by atoms with Gasteiger partial charge in [0.2, 0.25) is 0 Å². The van der Waals surface area contributed by atoms with Crippen LogP contribution in [0.1, 0.15) is 24.6 Å². The van der Waals surface area contributed by atoms with Gasteiger partial charge in [-0.1, -0.05) is 0 Å². The molecule has 22 heavy (non-hydrogen) atoms. The van der Waals surface area contributed by atoms with Crippen LogP contribution < -0.4 is 10.5 Å². The van der Waals surface area contributed by atoms with Gasteiger partial charge in [-0.05, 0) is 43.9 Å². The van der Waals surface area contributed by atoms with Gasteiger partial charge in [-0.25, -0.2) is 4.39 Å². The number of aryl methyl sites for hydroxylation is 1. The Morgan fingerprint density at radius 3 is 2.91 bits per heavy atom. The second kappa shape index (κ2) is 6.26. The van der Waals surface area contributed by atoms with Gasteiger partial charge in [0, 0.05) is 30.8 Å². The van der Waals surface area contributed by atoms with Crippen LogP contribution >= 0.6 is 0 Å². The zero-order valence-corrected chi connectivity index (χ0v) is 13.2. The maximum atomic E-state index is 14.9. The summed E-state index contributed by atoms with van der Waals surface area (Å²) in [6.07, 6.45) is 2.80. The molecule has 4 nitrogen and oxygen atoms in total. The number of nitrogens with zero attached hydrogens (tertiary/aromatic N) is 1. The van der Waals surface area contributed by atoms with Crippen molar-refractivity contribution in [1.82, 2.24) is 4.57 Å². The molecule has 120 valence electrons. The molecule has 0 saturated heterocycles. The van der Waals surface area contributed by atoms with Crippen LogP contribution in [0.25, 0.3) is 10.9 Å². The topological polar surface area (TPSA) is 49.4 Å². The molecule has 1 aromatic carbocycles. The van der Waals surface area contributed by atoms with E-state index in [-0.39, 0.29) is 11.9 Å². The van der Waals surface area contributed by atoms with Gasteiger partial charge in [0.1, 0.15) is 6.61 Å². The van der Waals surface area contributed by atoms with Crippen LogP contribution in [0.3, 0.4) is 0 Å². The summed E-state index contributed by atoms with van der Waals surface area (Å²) in [5.74, 6) is 0.0194. The summed E-state index contributed by atoms with van der Waals surface area (Å²) in [5.41, 5.74) is 9.22. The molecule has 0 radical (unpaired) electrons. The quantitative estimate of drug-likeness (QED) is 0.835. The summed E-state index contributed by atoms with van der Waals surface area (Å²) in [7, 11) is 1.60. The number of rotatable bonds is 6. The molecule has 1 aliphatic rings. The standard InChI is InChI=1S/C17H23FN2O2/c1-11(19)10-12-13-4-3-7-20(13)14-5-6-15(17(18)16(12)14)22-9-8-21-2/h5-6,11H,3-4,7-10,19H2,1-2H3/t11-/m0/s1. The average molecular weight is 306 g/mol. The molecule has 5 heteroatoms. The predicted molar refractivity (Wildman–Crippen MR) is 84.9 cm³/mol. The van der Waals surface area contributed by atoms with Crippen LogP contribution in [0.15, 0.2) is 12.1 Å². The minimum Gasteiger partial charge on any atom is -0.488 e. The lowest BCUT2D eigenvalue weighted by Crippen LogP contribution is -2.18. The van der Waals surface area contributed by atoms with Gasteiger partial charge >= 0.3 is 0 Å². The van der Waals surface area contributed by atoms with E-state index in [1.54, 1.807) is 13.2 Å². The molecular weight excluding hydrogens is 283 g/mol. The number of ether oxygens (including phenoxy) is 2. The highest BCUT2D eigenvalue weighted by Crippen LogP contribution is 2.37. The fraction of sp³-hybridized carbons (Fsp3) is 0.529. The molecule has 0 bridgehead atoms. The van der Waals surface area contributed by atoms with E-state index >= 15 is 0 Å². The first-order valence-corrected chi connectivity index (χ1v) is 7.83. The van der Waals surface area contributed by atoms with Gasteiger partial charge in [-0.15, -0.1) is 0 Å². The molecule has 0 amide bonds. The number of halogens is 1. The third-order valence-electron chi connectivity index (χ3n) is 4.22. The Kier molecular flexibility index (Phi) is 4.36. The van der Waals surface area contributed by atoms with Crippen molar-refractivity contribution < 1.29 is 13.9 Å². The molecule has 2 heterocycles. The molecule has 0 aliphatic carbocycles. The van der Waals surface area contributed by atoms with Gasteiger partial charge in [0.05, 0.1) is 12.1 Å². The molecule has 1 atom stereocenters. The molecule has 2 aromatic rings. The fourth-order valence-corrected chi connectivity index (χ4v) is 3.35. The van der Waals surface area contributed by atoms with E-state index < -0.39 is 0 Å². The van der Waals surface area contributed by atoms with Gasteiger partial charge in [-0.2, -0.15) is 0 Å². The smallest absolute Gasteiger partial charge is 0.174 e. The lowest BCUT2D eigenvalue weighted by molar-refractivity contribution is 0.144. The first-order valence-electron chi connectivity index (χ1n) is 7.83. The third kappa shape index (κ3) is 2.59. The number of benzene rings is 1. The van der Waals surface area contributed by atoms with E-state index in [0.717, 1.165) is 30.5 Å². The Morgan fingerprint density at radius 1 is 1.36 bits per heavy atom. The summed E-state index contributed by atoms with van der Waals surface area (Å²) in [6, 6.07) is 3.68. The molecule has 0 saturated carbocycles. The number of fused-ring (bicyclic) bond motifs is 3. The lowest BCUT2D eigenvalue weighted by Gasteiger charge is -2.10. The van der Waals surface area contributed by atoms with Crippen LogP contribution in [0, 0.1) is 5.82 Å². The summed E-state index contributed by atoms with van der Waals surface area (Å²) >= 11 is 0. The van der Waals surface area contributed by atoms with Crippen LogP contribution in [-0.2, 0) is 24.1 Å². The second-order valence-corrected chi connectivity index (χ2v) is 5.97. The van der Waals surface area contributed by atoms with Gasteiger partial charge in [0.15, 0.2) is 11.6 Å². The van der Waals surface area contributed by atoms with Gasteiger partial charge in [-0.3, -0.25) is 0 Å². The molecule has 2 N–H and O–H groups in total. The zero-order valence-electron chi connectivity index (χ0n) is 13.2. The molecule has 0 unspecified atom stereocenters. The Hall–Kier alpha value is -1.59. The van der Waals surface area contributed by atoms with E-state index in [0.29, 0.717) is 30.8 Å². The van der Waals surface area contributed by atoms with Crippen LogP contribution in [0.4, 0.5) is 4.39 Å². The van der Waals surface area contributed by atoms with E-state index in [1.807, 2.05) is 13.0 Å². The molecular formula is C17H23FN2O2. The summed E-state index contributed by atoms with van der Waals surface area (Å²) in [4.78, 5) is 0. The second-order valence-electron chi connectivity index (χ2n) is 5.97. The third-order valence-corrected chi connectivity index (χ3v) is 4.22. The van der Waals surface area contributed by atoms with Crippen molar-refractivity contribution >= 4 is 10.9 Å². The van der Waals surface area contributed by atoms with E-state index in [1.165, 1.54) is 5.69 Å². The van der Waals surface area contributed by atoms with E-state index in [4.69, 9.17) is 15.2 Å². The lowest BCUT2D eigenvalue weighted by atomic mass is 10.0. The van der Waals surface area contributed by atoms with Gasteiger partial charge < -0.3 is 19.8 Å². The Morgan fingerprint density at radius 2 is 2.18 bits per heavy atom. The molecule has 0 spiro atoms. The van der Waals surface area contributed by atoms with Crippen molar-refractivity contribution in [3.63, 3.8) is 0 Å². The predicted octanol–water partition coefficient (Wildman–Crippen LogP) is 2.64. The van der Waals surface area contributed by atoms with E-state index in [2.05, 4.69) is 4.57 Å². The Balaban J connectivity index is 2.08. The van der Waals surface area contributed by atoms with Crippen LogP contribution in [0.2, 0.25) is 0 Å². The number of hydrogen-bond acceptors (Lipinski definition) is 3. The molecule has 1 aliphatic heterocycles. The number of hydrogen-bond donors (Lipinski definition) is 1. The fourth-order valence-electron chi connectivity index (χ4n) is 3.35. The number of nitrogens with two attached hydrogens (primary N) is 1. The Labute approximate surface area is 130 Å². The van der Waals surface area contributed by atoms with Crippen molar-refractivity contribution in [2.45, 2.75) is 38.8 Å². The van der Waals surface area contributed by atoms with Crippen LogP contribution in [-0.4, -0.2) is 30.9 Å². The van der Waals surface area contributed by atoms with E-state index in [9.17, 15) is 4.39 Å². The van der Waals surface area contributed by atoms with Crippen molar-refractivity contribution in [2.24, 2.45) is 5.73 Å². The summed E-state index contributed by atoms with van der Waals surface area (Å²) in [6.45, 7) is 3.70. The normalized spacial score (nSPS) is 15.3. The Bertz CT molecular complexity index is 679. The monoisotopic (exact) mass is 306 g/mol. The average Bonchev–Trinajstić information content (AvgIpc) is 3.04. The summed E-state index contributed by atoms with van der Waals surface area (Å²) < 4.78 is 27.6. The van der Waals surface area contributed by atoms with Gasteiger partial charge in [0.25, 0.3) is 0 Å². The SMILES string of the molecule is COCCOc1ccc2c(c1F)c(C[C@H](C)N)c1n2CCC1. The molecule has 1 aromatic heterocycles. The zero-order chi connectivity index (χ0) is 15.7. The minimum absolute atomic E-state index is 0.00775. The first kappa shape index (κ1) is 15.3. The molecule has 0 fully saturated rings. The largest absolute Gasteiger partial charge is 0.488 e. The maximum Gasteiger partial charge on any atom is 0.174 e. The van der Waals surface area contributed by atoms with Crippen molar-refractivity contribution in [3.8, 4) is 5.75 Å². The highest BCUT2D eigenvalue weighted by molar-refractivity contribution is 5.88. The maximum absolute atomic E-state index is 14.9. The first-order chi connectivity index (χ1) is 10.6. The summed E-state index contributed by atoms with van der Waals surface area (Å²) in [5, 5.41) is 0.682. The van der Waals surface area contributed by atoms with Crippen LogP contribution in [0.5, 0.6) is 5.75 Å². The van der Waals surface area contributed by atoms with Crippen molar-refractivity contribution in [1.29, 1.82) is 0 Å².